The highest BCUT2D eigenvalue weighted by Crippen LogP contribution is 2.23. The van der Waals surface area contributed by atoms with Gasteiger partial charge in [0.1, 0.15) is 11.6 Å². The van der Waals surface area contributed by atoms with Gasteiger partial charge in [-0.1, -0.05) is 13.8 Å². The zero-order valence-corrected chi connectivity index (χ0v) is 13.3. The van der Waals surface area contributed by atoms with E-state index in [1.807, 2.05) is 13.1 Å². The standard InChI is InChI=1S/C16H20F2N4O/c1-10(2)12(15-6-7-20-22(15)3)9-19-16(23)21-14-5-4-11(17)8-13(14)18/h4-8,10,12H,9H2,1-3H3,(H2,19,21,23). The molecule has 2 amide bonds. The molecule has 2 rings (SSSR count). The first-order valence-electron chi connectivity index (χ1n) is 7.36. The van der Waals surface area contributed by atoms with Crippen LogP contribution in [0.3, 0.4) is 0 Å². The molecular formula is C16H20F2N4O. The van der Waals surface area contributed by atoms with Gasteiger partial charge in [0.15, 0.2) is 0 Å². The second kappa shape index (κ2) is 7.21. The molecule has 0 aliphatic rings. The second-order valence-electron chi connectivity index (χ2n) is 5.69. The van der Waals surface area contributed by atoms with Crippen LogP contribution in [0.15, 0.2) is 30.5 Å². The smallest absolute Gasteiger partial charge is 0.319 e. The number of anilines is 1. The molecule has 1 atom stereocenters. The van der Waals surface area contributed by atoms with Crippen LogP contribution in [0.4, 0.5) is 19.3 Å². The van der Waals surface area contributed by atoms with Crippen molar-refractivity contribution >= 4 is 11.7 Å². The van der Waals surface area contributed by atoms with Crippen molar-refractivity contribution in [3.05, 3.63) is 47.8 Å². The number of hydrogen-bond acceptors (Lipinski definition) is 2. The summed E-state index contributed by atoms with van der Waals surface area (Å²) in [5, 5.41) is 9.23. The third-order valence-electron chi connectivity index (χ3n) is 3.71. The molecule has 0 radical (unpaired) electrons. The fourth-order valence-electron chi connectivity index (χ4n) is 2.39. The number of carbonyl (C=O) groups is 1. The Hall–Kier alpha value is -2.44. The summed E-state index contributed by atoms with van der Waals surface area (Å²) in [5.74, 6) is -1.14. The molecule has 1 aromatic carbocycles. The number of hydrogen-bond donors (Lipinski definition) is 2. The number of urea groups is 1. The number of nitrogens with zero attached hydrogens (tertiary/aromatic N) is 2. The van der Waals surface area contributed by atoms with Crippen LogP contribution in [0, 0.1) is 17.6 Å². The summed E-state index contributed by atoms with van der Waals surface area (Å²) in [4.78, 5) is 11.9. The highest BCUT2D eigenvalue weighted by molar-refractivity contribution is 5.89. The normalized spacial score (nSPS) is 12.3. The Kier molecular flexibility index (Phi) is 5.31. The van der Waals surface area contributed by atoms with Gasteiger partial charge in [-0.25, -0.2) is 13.6 Å². The molecule has 1 heterocycles. The van der Waals surface area contributed by atoms with E-state index >= 15 is 0 Å². The molecule has 0 bridgehead atoms. The van der Waals surface area contributed by atoms with Gasteiger partial charge < -0.3 is 10.6 Å². The van der Waals surface area contributed by atoms with Gasteiger partial charge in [-0.05, 0) is 24.1 Å². The predicted molar refractivity (Wildman–Crippen MR) is 84.2 cm³/mol. The van der Waals surface area contributed by atoms with Crippen molar-refractivity contribution in [1.29, 1.82) is 0 Å². The van der Waals surface area contributed by atoms with E-state index < -0.39 is 17.7 Å². The van der Waals surface area contributed by atoms with Crippen LogP contribution < -0.4 is 10.6 Å². The van der Waals surface area contributed by atoms with Crippen molar-refractivity contribution < 1.29 is 13.6 Å². The number of amides is 2. The number of aromatic nitrogens is 2. The van der Waals surface area contributed by atoms with Crippen molar-refractivity contribution in [2.75, 3.05) is 11.9 Å². The Morgan fingerprint density at radius 2 is 2.04 bits per heavy atom. The van der Waals surface area contributed by atoms with E-state index in [0.29, 0.717) is 6.54 Å². The summed E-state index contributed by atoms with van der Waals surface area (Å²) in [7, 11) is 1.85. The summed E-state index contributed by atoms with van der Waals surface area (Å²) in [6.45, 7) is 4.49. The molecule has 0 saturated heterocycles. The third-order valence-corrected chi connectivity index (χ3v) is 3.71. The average Bonchev–Trinajstić information content (AvgIpc) is 2.88. The zero-order chi connectivity index (χ0) is 17.0. The number of benzene rings is 1. The molecule has 7 heteroatoms. The van der Waals surface area contributed by atoms with Gasteiger partial charge in [0, 0.05) is 37.5 Å². The number of nitrogens with one attached hydrogen (secondary N) is 2. The van der Waals surface area contributed by atoms with Gasteiger partial charge in [-0.2, -0.15) is 5.10 Å². The Balaban J connectivity index is 1.98. The number of rotatable bonds is 5. The number of aryl methyl sites for hydroxylation is 1. The quantitative estimate of drug-likeness (QED) is 0.887. The van der Waals surface area contributed by atoms with Crippen LogP contribution in [0.5, 0.6) is 0 Å². The lowest BCUT2D eigenvalue weighted by Gasteiger charge is -2.21. The van der Waals surface area contributed by atoms with Crippen LogP contribution in [0.25, 0.3) is 0 Å². The Morgan fingerprint density at radius 3 is 2.61 bits per heavy atom. The molecule has 23 heavy (non-hydrogen) atoms. The molecule has 0 aliphatic carbocycles. The topological polar surface area (TPSA) is 59.0 Å². The first kappa shape index (κ1) is 16.9. The zero-order valence-electron chi connectivity index (χ0n) is 13.3. The molecule has 0 spiro atoms. The lowest BCUT2D eigenvalue weighted by Crippen LogP contribution is -2.34. The molecule has 2 aromatic rings. The lowest BCUT2D eigenvalue weighted by atomic mass is 9.92. The predicted octanol–water partition coefficient (Wildman–Crippen LogP) is 3.26. The molecular weight excluding hydrogens is 302 g/mol. The minimum atomic E-state index is -0.813. The maximum atomic E-state index is 13.5. The molecule has 2 N–H and O–H groups in total. The third kappa shape index (κ3) is 4.28. The Labute approximate surface area is 133 Å². The van der Waals surface area contributed by atoms with Crippen molar-refractivity contribution in [3.8, 4) is 0 Å². The van der Waals surface area contributed by atoms with E-state index in [9.17, 15) is 13.6 Å². The van der Waals surface area contributed by atoms with Gasteiger partial charge in [0.05, 0.1) is 5.69 Å². The molecule has 1 aromatic heterocycles. The Morgan fingerprint density at radius 1 is 1.30 bits per heavy atom. The summed E-state index contributed by atoms with van der Waals surface area (Å²) < 4.78 is 28.1. The minimum absolute atomic E-state index is 0.0643. The van der Waals surface area contributed by atoms with Crippen LogP contribution in [0.2, 0.25) is 0 Å². The van der Waals surface area contributed by atoms with Crippen LogP contribution in [-0.4, -0.2) is 22.4 Å². The molecule has 5 nitrogen and oxygen atoms in total. The van der Waals surface area contributed by atoms with E-state index in [4.69, 9.17) is 0 Å². The fourth-order valence-corrected chi connectivity index (χ4v) is 2.39. The number of halogens is 2. The van der Waals surface area contributed by atoms with Gasteiger partial charge in [0.2, 0.25) is 0 Å². The van der Waals surface area contributed by atoms with Crippen molar-refractivity contribution in [3.63, 3.8) is 0 Å². The van der Waals surface area contributed by atoms with Crippen LogP contribution in [-0.2, 0) is 7.05 Å². The van der Waals surface area contributed by atoms with Gasteiger partial charge in [0.25, 0.3) is 0 Å². The van der Waals surface area contributed by atoms with E-state index in [1.165, 1.54) is 6.07 Å². The van der Waals surface area contributed by atoms with Gasteiger partial charge >= 0.3 is 6.03 Å². The van der Waals surface area contributed by atoms with E-state index in [-0.39, 0.29) is 17.5 Å². The lowest BCUT2D eigenvalue weighted by molar-refractivity contribution is 0.250. The molecule has 1 unspecified atom stereocenters. The first-order chi connectivity index (χ1) is 10.9. The van der Waals surface area contributed by atoms with E-state index in [0.717, 1.165) is 17.8 Å². The minimum Gasteiger partial charge on any atom is -0.337 e. The van der Waals surface area contributed by atoms with Crippen molar-refractivity contribution in [1.82, 2.24) is 15.1 Å². The summed E-state index contributed by atoms with van der Waals surface area (Å²) in [5.41, 5.74) is 0.943. The van der Waals surface area contributed by atoms with E-state index in [2.05, 4.69) is 29.6 Å². The fraction of sp³-hybridized carbons (Fsp3) is 0.375. The maximum Gasteiger partial charge on any atom is 0.319 e. The highest BCUT2D eigenvalue weighted by Gasteiger charge is 2.20. The summed E-state index contributed by atoms with van der Waals surface area (Å²) >= 11 is 0. The Bertz CT molecular complexity index is 684. The maximum absolute atomic E-state index is 13.5. The molecule has 0 fully saturated rings. The largest absolute Gasteiger partial charge is 0.337 e. The van der Waals surface area contributed by atoms with Crippen LogP contribution in [0.1, 0.15) is 25.5 Å². The molecule has 0 saturated carbocycles. The van der Waals surface area contributed by atoms with Crippen molar-refractivity contribution in [2.45, 2.75) is 19.8 Å². The summed E-state index contributed by atoms with van der Waals surface area (Å²) in [6.07, 6.45) is 1.71. The van der Waals surface area contributed by atoms with Gasteiger partial charge in [-0.3, -0.25) is 4.68 Å². The molecule has 0 aliphatic heterocycles. The van der Waals surface area contributed by atoms with Crippen LogP contribution >= 0.6 is 0 Å². The second-order valence-corrected chi connectivity index (χ2v) is 5.69. The highest BCUT2D eigenvalue weighted by atomic mass is 19.1. The number of carbonyl (C=O) groups excluding carboxylic acids is 1. The average molecular weight is 322 g/mol. The summed E-state index contributed by atoms with van der Waals surface area (Å²) in [6, 6.07) is 4.37. The monoisotopic (exact) mass is 322 g/mol. The first-order valence-corrected chi connectivity index (χ1v) is 7.36. The SMILES string of the molecule is CC(C)C(CNC(=O)Nc1ccc(F)cc1F)c1ccnn1C. The molecule has 124 valence electrons. The van der Waals surface area contributed by atoms with E-state index in [1.54, 1.807) is 10.9 Å². The van der Waals surface area contributed by atoms with Gasteiger partial charge in [-0.15, -0.1) is 0 Å². The van der Waals surface area contributed by atoms with Crippen molar-refractivity contribution in [2.24, 2.45) is 13.0 Å².